The number of halogens is 2. The van der Waals surface area contributed by atoms with Crippen LogP contribution in [0, 0.1) is 5.82 Å². The molecule has 3 rings (SSSR count). The van der Waals surface area contributed by atoms with Gasteiger partial charge in [-0.15, -0.1) is 0 Å². The second-order valence-corrected chi connectivity index (χ2v) is 9.45. The van der Waals surface area contributed by atoms with E-state index in [2.05, 4.69) is 15.3 Å². The molecule has 0 unspecified atom stereocenters. The zero-order valence-electron chi connectivity index (χ0n) is 17.1. The highest BCUT2D eigenvalue weighted by Gasteiger charge is 2.22. The van der Waals surface area contributed by atoms with Crippen molar-refractivity contribution in [3.8, 4) is 5.75 Å². The Hall–Kier alpha value is -2.82. The lowest BCUT2D eigenvalue weighted by Gasteiger charge is -2.13. The largest absolute Gasteiger partial charge is 0.495 e. The number of carbonyl (C=O) groups excluding carboxylic acids is 1. The smallest absolute Gasteiger partial charge is 0.182 e. The molecule has 0 radical (unpaired) electrons. The van der Waals surface area contributed by atoms with E-state index < -0.39 is 22.3 Å². The predicted octanol–water partition coefficient (Wildman–Crippen LogP) is 3.68. The molecule has 1 heterocycles. The van der Waals surface area contributed by atoms with Crippen LogP contribution in [0.5, 0.6) is 5.75 Å². The lowest BCUT2D eigenvalue weighted by molar-refractivity contribution is -0.121. The van der Waals surface area contributed by atoms with Gasteiger partial charge in [0.15, 0.2) is 15.6 Å². The Morgan fingerprint density at radius 3 is 2.69 bits per heavy atom. The first kappa shape index (κ1) is 23.8. The van der Waals surface area contributed by atoms with Crippen LogP contribution >= 0.6 is 11.6 Å². The van der Waals surface area contributed by atoms with Crippen LogP contribution in [0.3, 0.4) is 0 Å². The predicted molar refractivity (Wildman–Crippen MR) is 119 cm³/mol. The highest BCUT2D eigenvalue weighted by molar-refractivity contribution is 7.91. The average molecular weight is 482 g/mol. The Labute approximate surface area is 189 Å². The molecule has 0 saturated carbocycles. The number of hydrogen-bond donors (Lipinski definition) is 2. The number of rotatable bonds is 10. The van der Waals surface area contributed by atoms with Gasteiger partial charge in [0.05, 0.1) is 23.4 Å². The second kappa shape index (κ2) is 10.2. The van der Waals surface area contributed by atoms with Gasteiger partial charge in [-0.1, -0.05) is 11.6 Å². The third kappa shape index (κ3) is 5.50. The monoisotopic (exact) mass is 481 g/mol. The van der Waals surface area contributed by atoms with Gasteiger partial charge >= 0.3 is 0 Å². The fourth-order valence-electron chi connectivity index (χ4n) is 3.08. The fourth-order valence-corrected chi connectivity index (χ4v) is 4.81. The van der Waals surface area contributed by atoms with Crippen molar-refractivity contribution >= 4 is 49.6 Å². The minimum Gasteiger partial charge on any atom is -0.495 e. The van der Waals surface area contributed by atoms with Gasteiger partial charge in [0, 0.05) is 23.6 Å². The average Bonchev–Trinajstić information content (AvgIpc) is 2.78. The van der Waals surface area contributed by atoms with Gasteiger partial charge < -0.3 is 15.2 Å². The zero-order valence-corrected chi connectivity index (χ0v) is 18.7. The van der Waals surface area contributed by atoms with Gasteiger partial charge in [-0.25, -0.2) is 22.8 Å². The van der Waals surface area contributed by atoms with Crippen LogP contribution in [0.15, 0.2) is 41.6 Å². The number of Topliss-reactive ketones (excluding diaryl/α,β-unsaturated/α-hetero) is 1. The number of benzene rings is 2. The van der Waals surface area contributed by atoms with E-state index in [1.165, 1.54) is 43.8 Å². The lowest BCUT2D eigenvalue weighted by Crippen LogP contribution is -2.10. The highest BCUT2D eigenvalue weighted by Crippen LogP contribution is 2.33. The summed E-state index contributed by atoms with van der Waals surface area (Å²) in [6, 6.07) is 7.00. The molecule has 32 heavy (non-hydrogen) atoms. The third-order valence-electron chi connectivity index (χ3n) is 4.73. The molecule has 0 atom stereocenters. The molecule has 8 nitrogen and oxygen atoms in total. The second-order valence-electron chi connectivity index (χ2n) is 6.97. The molecule has 0 spiro atoms. The standard InChI is InChI=1S/C21H21ClFN3O5S/c1-31-19-10-18-15(9-20(19)32(29,30)7-3-2-4-14(28)11-27)21(25-12-24-18)26-13-5-6-17(23)16(22)8-13/h5-6,8-10,12,27H,2-4,7,11H2,1H3,(H,24,25,26). The molecule has 0 saturated heterocycles. The number of nitrogens with zero attached hydrogens (tertiary/aromatic N) is 2. The first-order valence-corrected chi connectivity index (χ1v) is 11.7. The van der Waals surface area contributed by atoms with Crippen LogP contribution in [0.1, 0.15) is 19.3 Å². The molecule has 3 aromatic rings. The van der Waals surface area contributed by atoms with E-state index in [0.717, 1.165) is 0 Å². The maximum Gasteiger partial charge on any atom is 0.182 e. The molecule has 2 N–H and O–H groups in total. The summed E-state index contributed by atoms with van der Waals surface area (Å²) in [5, 5.41) is 12.1. The summed E-state index contributed by atoms with van der Waals surface area (Å²) in [6.07, 6.45) is 2.01. The number of ether oxygens (including phenoxy) is 1. The van der Waals surface area contributed by atoms with Crippen molar-refractivity contribution in [2.24, 2.45) is 0 Å². The number of sulfone groups is 1. The number of aliphatic hydroxyl groups excluding tert-OH is 1. The van der Waals surface area contributed by atoms with Crippen LogP contribution in [0.2, 0.25) is 5.02 Å². The van der Waals surface area contributed by atoms with Crippen LogP contribution in [0.4, 0.5) is 15.9 Å². The minimum atomic E-state index is -3.75. The van der Waals surface area contributed by atoms with Gasteiger partial charge in [-0.05, 0) is 37.1 Å². The third-order valence-corrected chi connectivity index (χ3v) is 6.84. The maximum atomic E-state index is 13.5. The fraction of sp³-hybridized carbons (Fsp3) is 0.286. The molecular formula is C21H21ClFN3O5S. The SMILES string of the molecule is COc1cc2ncnc(Nc3ccc(F)c(Cl)c3)c2cc1S(=O)(=O)CCCCC(=O)CO. The normalized spacial score (nSPS) is 11.5. The Balaban J connectivity index is 1.95. The van der Waals surface area contributed by atoms with Gasteiger partial charge in [0.25, 0.3) is 0 Å². The molecule has 11 heteroatoms. The molecule has 1 aromatic heterocycles. The summed E-state index contributed by atoms with van der Waals surface area (Å²) in [5.41, 5.74) is 0.908. The molecule has 0 aliphatic rings. The molecule has 0 amide bonds. The first-order chi connectivity index (χ1) is 15.2. The van der Waals surface area contributed by atoms with Crippen LogP contribution in [-0.2, 0) is 14.6 Å². The van der Waals surface area contributed by atoms with Crippen LogP contribution in [-0.4, -0.2) is 48.7 Å². The van der Waals surface area contributed by atoms with Gasteiger partial charge in [0.2, 0.25) is 0 Å². The van der Waals surface area contributed by atoms with Crippen LogP contribution in [0.25, 0.3) is 10.9 Å². The van der Waals surface area contributed by atoms with Gasteiger partial charge in [-0.3, -0.25) is 4.79 Å². The zero-order chi connectivity index (χ0) is 23.3. The summed E-state index contributed by atoms with van der Waals surface area (Å²) in [4.78, 5) is 19.5. The number of aliphatic hydroxyl groups is 1. The van der Waals surface area contributed by atoms with Crippen LogP contribution < -0.4 is 10.1 Å². The number of nitrogens with one attached hydrogen (secondary N) is 1. The maximum absolute atomic E-state index is 13.5. The van der Waals surface area contributed by atoms with E-state index in [4.69, 9.17) is 21.4 Å². The van der Waals surface area contributed by atoms with Gasteiger partial charge in [0.1, 0.15) is 35.2 Å². The highest BCUT2D eigenvalue weighted by atomic mass is 35.5. The van der Waals surface area contributed by atoms with E-state index in [0.29, 0.717) is 28.8 Å². The summed E-state index contributed by atoms with van der Waals surface area (Å²) in [7, 11) is -2.39. The minimum absolute atomic E-state index is 0.0315. The summed E-state index contributed by atoms with van der Waals surface area (Å²) >= 11 is 5.83. The van der Waals surface area contributed by atoms with E-state index in [9.17, 15) is 17.6 Å². The van der Waals surface area contributed by atoms with E-state index in [-0.39, 0.29) is 40.0 Å². The molecule has 2 aromatic carbocycles. The number of carbonyl (C=O) groups is 1. The number of methoxy groups -OCH3 is 1. The number of fused-ring (bicyclic) bond motifs is 1. The molecule has 0 aliphatic carbocycles. The summed E-state index contributed by atoms with van der Waals surface area (Å²) < 4.78 is 44.7. The number of ketones is 1. The Morgan fingerprint density at radius 2 is 2.00 bits per heavy atom. The number of anilines is 2. The van der Waals surface area contributed by atoms with Crippen molar-refractivity contribution in [1.29, 1.82) is 0 Å². The lowest BCUT2D eigenvalue weighted by atomic mass is 10.2. The molecule has 0 fully saturated rings. The molecular weight excluding hydrogens is 461 g/mol. The Bertz CT molecular complexity index is 1250. The Morgan fingerprint density at radius 1 is 1.22 bits per heavy atom. The van der Waals surface area contributed by atoms with Crippen molar-refractivity contribution in [3.63, 3.8) is 0 Å². The number of hydrogen-bond acceptors (Lipinski definition) is 8. The summed E-state index contributed by atoms with van der Waals surface area (Å²) in [6.45, 7) is -0.555. The summed E-state index contributed by atoms with van der Waals surface area (Å²) in [5.74, 6) is -0.649. The Kier molecular flexibility index (Phi) is 7.60. The molecule has 0 bridgehead atoms. The number of unbranched alkanes of at least 4 members (excludes halogenated alkanes) is 1. The van der Waals surface area contributed by atoms with Crippen molar-refractivity contribution in [2.75, 3.05) is 24.8 Å². The van der Waals surface area contributed by atoms with Crippen molar-refractivity contribution in [3.05, 3.63) is 47.5 Å². The molecule has 0 aliphatic heterocycles. The first-order valence-electron chi connectivity index (χ1n) is 9.65. The van der Waals surface area contributed by atoms with Crippen molar-refractivity contribution < 1.29 is 27.4 Å². The van der Waals surface area contributed by atoms with E-state index >= 15 is 0 Å². The van der Waals surface area contributed by atoms with E-state index in [1.54, 1.807) is 0 Å². The van der Waals surface area contributed by atoms with Crippen molar-refractivity contribution in [2.45, 2.75) is 24.2 Å². The quantitative estimate of drug-likeness (QED) is 0.421. The van der Waals surface area contributed by atoms with E-state index in [1.807, 2.05) is 0 Å². The van der Waals surface area contributed by atoms with Crippen molar-refractivity contribution in [1.82, 2.24) is 9.97 Å². The number of aromatic nitrogens is 2. The van der Waals surface area contributed by atoms with Gasteiger partial charge in [-0.2, -0.15) is 0 Å². The topological polar surface area (TPSA) is 118 Å². The molecule has 170 valence electrons.